The van der Waals surface area contributed by atoms with E-state index in [9.17, 15) is 4.39 Å². The standard InChI is InChI=1S/C13H14BrClFN3/c1-8(2)7-19-12(6-15)17-18-13(19)9-3-4-11(16)10(14)5-9/h3-5,8H,6-7H2,1-2H3. The molecule has 0 aliphatic carbocycles. The summed E-state index contributed by atoms with van der Waals surface area (Å²) in [5.41, 5.74) is 0.817. The molecule has 1 aromatic heterocycles. The van der Waals surface area contributed by atoms with Crippen LogP contribution in [0.3, 0.4) is 0 Å². The second kappa shape index (κ2) is 6.01. The smallest absolute Gasteiger partial charge is 0.164 e. The van der Waals surface area contributed by atoms with Crippen LogP contribution in [0.25, 0.3) is 11.4 Å². The van der Waals surface area contributed by atoms with Gasteiger partial charge >= 0.3 is 0 Å². The Morgan fingerprint density at radius 2 is 2.11 bits per heavy atom. The Bertz CT molecular complexity index is 583. The minimum atomic E-state index is -0.295. The second-order valence-electron chi connectivity index (χ2n) is 4.71. The molecule has 0 fully saturated rings. The van der Waals surface area contributed by atoms with E-state index < -0.39 is 0 Å². The van der Waals surface area contributed by atoms with Gasteiger partial charge < -0.3 is 4.57 Å². The molecule has 0 spiro atoms. The summed E-state index contributed by atoms with van der Waals surface area (Å²) in [6.07, 6.45) is 0. The molecule has 19 heavy (non-hydrogen) atoms. The van der Waals surface area contributed by atoms with Crippen LogP contribution in [-0.4, -0.2) is 14.8 Å². The number of hydrogen-bond acceptors (Lipinski definition) is 2. The zero-order chi connectivity index (χ0) is 14.0. The topological polar surface area (TPSA) is 30.7 Å². The number of nitrogens with zero attached hydrogens (tertiary/aromatic N) is 3. The number of halogens is 3. The van der Waals surface area contributed by atoms with Crippen LogP contribution >= 0.6 is 27.5 Å². The van der Waals surface area contributed by atoms with Crippen LogP contribution < -0.4 is 0 Å². The summed E-state index contributed by atoms with van der Waals surface area (Å²) in [7, 11) is 0. The van der Waals surface area contributed by atoms with Gasteiger partial charge in [0.05, 0.1) is 10.4 Å². The lowest BCUT2D eigenvalue weighted by atomic mass is 10.2. The fourth-order valence-electron chi connectivity index (χ4n) is 1.84. The summed E-state index contributed by atoms with van der Waals surface area (Å²) in [5, 5.41) is 8.25. The van der Waals surface area contributed by atoms with Gasteiger partial charge in [0.1, 0.15) is 11.6 Å². The second-order valence-corrected chi connectivity index (χ2v) is 5.83. The minimum Gasteiger partial charge on any atom is -0.310 e. The van der Waals surface area contributed by atoms with E-state index in [0.717, 1.165) is 17.9 Å². The highest BCUT2D eigenvalue weighted by atomic mass is 79.9. The summed E-state index contributed by atoms with van der Waals surface area (Å²) in [5.74, 6) is 1.90. The molecule has 3 nitrogen and oxygen atoms in total. The highest BCUT2D eigenvalue weighted by molar-refractivity contribution is 9.10. The largest absolute Gasteiger partial charge is 0.310 e. The first-order valence-corrected chi connectivity index (χ1v) is 7.29. The molecular formula is C13H14BrClFN3. The molecule has 0 amide bonds. The SMILES string of the molecule is CC(C)Cn1c(CCl)nnc1-c1ccc(F)c(Br)c1. The van der Waals surface area contributed by atoms with E-state index >= 15 is 0 Å². The molecule has 0 unspecified atom stereocenters. The van der Waals surface area contributed by atoms with Crippen molar-refractivity contribution in [2.24, 2.45) is 5.92 Å². The van der Waals surface area contributed by atoms with Crippen LogP contribution in [0.4, 0.5) is 4.39 Å². The Labute approximate surface area is 124 Å². The number of rotatable bonds is 4. The van der Waals surface area contributed by atoms with Gasteiger partial charge in [-0.05, 0) is 40.0 Å². The van der Waals surface area contributed by atoms with E-state index in [2.05, 4.69) is 40.0 Å². The Balaban J connectivity index is 2.48. The number of benzene rings is 1. The van der Waals surface area contributed by atoms with E-state index in [-0.39, 0.29) is 5.82 Å². The van der Waals surface area contributed by atoms with Gasteiger partial charge in [0.25, 0.3) is 0 Å². The maximum absolute atomic E-state index is 13.3. The summed E-state index contributed by atoms with van der Waals surface area (Å²) < 4.78 is 15.7. The van der Waals surface area contributed by atoms with Crippen LogP contribution in [0.2, 0.25) is 0 Å². The molecule has 0 atom stereocenters. The molecule has 0 radical (unpaired) electrons. The van der Waals surface area contributed by atoms with E-state index in [0.29, 0.717) is 22.1 Å². The maximum atomic E-state index is 13.3. The predicted molar refractivity (Wildman–Crippen MR) is 77.5 cm³/mol. The van der Waals surface area contributed by atoms with Gasteiger partial charge in [-0.15, -0.1) is 21.8 Å². The number of alkyl halides is 1. The number of aromatic nitrogens is 3. The molecule has 0 saturated heterocycles. The van der Waals surface area contributed by atoms with Gasteiger partial charge in [0.2, 0.25) is 0 Å². The Morgan fingerprint density at radius 3 is 2.68 bits per heavy atom. The molecule has 0 bridgehead atoms. The zero-order valence-corrected chi connectivity index (χ0v) is 13.0. The van der Waals surface area contributed by atoms with Gasteiger partial charge in [-0.25, -0.2) is 4.39 Å². The lowest BCUT2D eigenvalue weighted by molar-refractivity contribution is 0.515. The van der Waals surface area contributed by atoms with Crippen LogP contribution in [0.1, 0.15) is 19.7 Å². The highest BCUT2D eigenvalue weighted by Crippen LogP contribution is 2.25. The van der Waals surface area contributed by atoms with Crippen molar-refractivity contribution in [2.75, 3.05) is 0 Å². The van der Waals surface area contributed by atoms with Crippen LogP contribution in [0.15, 0.2) is 22.7 Å². The molecule has 2 aromatic rings. The van der Waals surface area contributed by atoms with E-state index in [1.54, 1.807) is 12.1 Å². The van der Waals surface area contributed by atoms with Crippen LogP contribution in [0, 0.1) is 11.7 Å². The zero-order valence-electron chi connectivity index (χ0n) is 10.7. The Morgan fingerprint density at radius 1 is 1.37 bits per heavy atom. The van der Waals surface area contributed by atoms with Crippen molar-refractivity contribution in [3.63, 3.8) is 0 Å². The van der Waals surface area contributed by atoms with Crippen molar-refractivity contribution < 1.29 is 4.39 Å². The summed E-state index contributed by atoms with van der Waals surface area (Å²) >= 11 is 9.06. The van der Waals surface area contributed by atoms with Crippen LogP contribution in [0.5, 0.6) is 0 Å². The average molecular weight is 347 g/mol. The Kier molecular flexibility index (Phi) is 4.58. The summed E-state index contributed by atoms with van der Waals surface area (Å²) in [6.45, 7) is 5.00. The molecule has 1 heterocycles. The van der Waals surface area contributed by atoms with Crippen molar-refractivity contribution in [3.05, 3.63) is 34.3 Å². The molecule has 102 valence electrons. The van der Waals surface area contributed by atoms with E-state index in [1.807, 2.05) is 4.57 Å². The van der Waals surface area contributed by atoms with Gasteiger partial charge in [-0.1, -0.05) is 13.8 Å². The van der Waals surface area contributed by atoms with Crippen LogP contribution in [-0.2, 0) is 12.4 Å². The third-order valence-corrected chi connectivity index (χ3v) is 3.52. The first kappa shape index (κ1) is 14.5. The quantitative estimate of drug-likeness (QED) is 0.775. The third-order valence-electron chi connectivity index (χ3n) is 2.67. The minimum absolute atomic E-state index is 0.295. The summed E-state index contributed by atoms with van der Waals surface area (Å²) in [4.78, 5) is 0. The molecule has 2 rings (SSSR count). The monoisotopic (exact) mass is 345 g/mol. The van der Waals surface area contributed by atoms with Crippen molar-refractivity contribution >= 4 is 27.5 Å². The predicted octanol–water partition coefficient (Wildman–Crippen LogP) is 4.24. The normalized spacial score (nSPS) is 11.3. The fraction of sp³-hybridized carbons (Fsp3) is 0.385. The lowest BCUT2D eigenvalue weighted by Crippen LogP contribution is -2.09. The van der Waals surface area contributed by atoms with E-state index in [1.165, 1.54) is 6.07 Å². The molecule has 1 aromatic carbocycles. The van der Waals surface area contributed by atoms with Crippen molar-refractivity contribution in [1.29, 1.82) is 0 Å². The highest BCUT2D eigenvalue weighted by Gasteiger charge is 2.15. The van der Waals surface area contributed by atoms with Gasteiger partial charge in [0.15, 0.2) is 5.82 Å². The van der Waals surface area contributed by atoms with Gasteiger partial charge in [-0.2, -0.15) is 0 Å². The first-order chi connectivity index (χ1) is 9.02. The Hall–Kier alpha value is -0.940. The van der Waals surface area contributed by atoms with Crippen molar-refractivity contribution in [3.8, 4) is 11.4 Å². The van der Waals surface area contributed by atoms with Gasteiger partial charge in [-0.3, -0.25) is 0 Å². The third kappa shape index (κ3) is 3.15. The maximum Gasteiger partial charge on any atom is 0.164 e. The average Bonchev–Trinajstić information content (AvgIpc) is 2.75. The molecule has 0 saturated carbocycles. The van der Waals surface area contributed by atoms with Crippen molar-refractivity contribution in [2.45, 2.75) is 26.3 Å². The lowest BCUT2D eigenvalue weighted by Gasteiger charge is -2.12. The molecule has 6 heteroatoms. The number of hydrogen-bond donors (Lipinski definition) is 0. The molecule has 0 aliphatic heterocycles. The first-order valence-electron chi connectivity index (χ1n) is 5.96. The molecule has 0 N–H and O–H groups in total. The van der Waals surface area contributed by atoms with Crippen molar-refractivity contribution in [1.82, 2.24) is 14.8 Å². The summed E-state index contributed by atoms with van der Waals surface area (Å²) in [6, 6.07) is 4.81. The van der Waals surface area contributed by atoms with E-state index in [4.69, 9.17) is 11.6 Å². The molecular weight excluding hydrogens is 333 g/mol. The molecule has 0 aliphatic rings. The fourth-order valence-corrected chi connectivity index (χ4v) is 2.42. The van der Waals surface area contributed by atoms with Gasteiger partial charge in [0, 0.05) is 12.1 Å².